The first kappa shape index (κ1) is 21.8. The molecule has 2 amide bonds. The quantitative estimate of drug-likeness (QED) is 0.387. The van der Waals surface area contributed by atoms with E-state index in [0.717, 1.165) is 45.5 Å². The van der Waals surface area contributed by atoms with E-state index in [9.17, 15) is 9.59 Å². The van der Waals surface area contributed by atoms with Crippen LogP contribution in [0, 0.1) is 20.8 Å². The molecule has 0 unspecified atom stereocenters. The van der Waals surface area contributed by atoms with Crippen molar-refractivity contribution >= 4 is 52.2 Å². The smallest absolute Gasteiger partial charge is 0.293 e. The molecule has 2 heterocycles. The van der Waals surface area contributed by atoms with Crippen molar-refractivity contribution in [3.63, 3.8) is 0 Å². The molecule has 7 heteroatoms. The molecule has 0 aliphatic carbocycles. The molecular formula is C24H20Cl2N2O2S. The van der Waals surface area contributed by atoms with Gasteiger partial charge in [-0.15, -0.1) is 0 Å². The summed E-state index contributed by atoms with van der Waals surface area (Å²) in [5.74, 6) is -0.284. The summed E-state index contributed by atoms with van der Waals surface area (Å²) in [5.41, 5.74) is 5.71. The zero-order valence-corrected chi connectivity index (χ0v) is 19.6. The second-order valence-corrected chi connectivity index (χ2v) is 9.33. The van der Waals surface area contributed by atoms with E-state index in [1.165, 1.54) is 4.90 Å². The average Bonchev–Trinajstić information content (AvgIpc) is 3.15. The lowest BCUT2D eigenvalue weighted by Crippen LogP contribution is -2.27. The number of amides is 2. The van der Waals surface area contributed by atoms with Gasteiger partial charge < -0.3 is 4.57 Å². The number of imide groups is 1. The van der Waals surface area contributed by atoms with E-state index in [-0.39, 0.29) is 17.7 Å². The van der Waals surface area contributed by atoms with E-state index in [1.54, 1.807) is 18.2 Å². The van der Waals surface area contributed by atoms with Gasteiger partial charge in [-0.2, -0.15) is 0 Å². The van der Waals surface area contributed by atoms with Crippen LogP contribution in [0.4, 0.5) is 4.79 Å². The molecule has 4 rings (SSSR count). The van der Waals surface area contributed by atoms with E-state index in [0.29, 0.717) is 15.0 Å². The molecule has 0 bridgehead atoms. The van der Waals surface area contributed by atoms with Crippen molar-refractivity contribution in [2.45, 2.75) is 27.3 Å². The fraction of sp³-hybridized carbons (Fsp3) is 0.167. The van der Waals surface area contributed by atoms with Crippen molar-refractivity contribution < 1.29 is 9.59 Å². The predicted octanol–water partition coefficient (Wildman–Crippen LogP) is 6.95. The number of carbonyl (C=O) groups is 2. The number of thioether (sulfide) groups is 1. The average molecular weight is 471 g/mol. The van der Waals surface area contributed by atoms with Crippen LogP contribution < -0.4 is 0 Å². The van der Waals surface area contributed by atoms with Crippen LogP contribution in [0.5, 0.6) is 0 Å². The predicted molar refractivity (Wildman–Crippen MR) is 128 cm³/mol. The number of carbonyl (C=O) groups excluding carboxylic acids is 2. The second-order valence-electron chi connectivity index (χ2n) is 7.49. The lowest BCUT2D eigenvalue weighted by Gasteiger charge is -2.12. The molecule has 0 N–H and O–H groups in total. The highest BCUT2D eigenvalue weighted by molar-refractivity contribution is 8.18. The SMILES string of the molecule is Cc1ccc(-n2c(C)cc(/C=C3\SC(=O)N(Cc4ccc(Cl)cc4)C3=O)c2C)cc1Cl. The number of benzene rings is 2. The van der Waals surface area contributed by atoms with Crippen molar-refractivity contribution in [3.8, 4) is 5.69 Å². The van der Waals surface area contributed by atoms with Gasteiger partial charge in [-0.3, -0.25) is 14.5 Å². The lowest BCUT2D eigenvalue weighted by atomic mass is 10.2. The Labute approximate surface area is 195 Å². The Kier molecular flexibility index (Phi) is 6.02. The molecule has 0 spiro atoms. The van der Waals surface area contributed by atoms with Crippen molar-refractivity contribution in [1.29, 1.82) is 0 Å². The number of rotatable bonds is 4. The largest absolute Gasteiger partial charge is 0.318 e. The maximum Gasteiger partial charge on any atom is 0.293 e. The summed E-state index contributed by atoms with van der Waals surface area (Å²) < 4.78 is 2.09. The number of nitrogens with zero attached hydrogens (tertiary/aromatic N) is 2. The fourth-order valence-corrected chi connectivity index (χ4v) is 4.73. The van der Waals surface area contributed by atoms with Crippen LogP contribution in [0.25, 0.3) is 11.8 Å². The highest BCUT2D eigenvalue weighted by Gasteiger charge is 2.35. The Hall–Kier alpha value is -2.47. The number of hydrogen-bond acceptors (Lipinski definition) is 3. The van der Waals surface area contributed by atoms with Gasteiger partial charge in [0.15, 0.2) is 0 Å². The first-order chi connectivity index (χ1) is 14.7. The van der Waals surface area contributed by atoms with Gasteiger partial charge in [0.1, 0.15) is 0 Å². The highest BCUT2D eigenvalue weighted by Crippen LogP contribution is 2.35. The standard InChI is InChI=1S/C24H20Cl2N2O2S/c1-14-4-9-20(12-21(14)26)28-15(2)10-18(16(28)3)11-22-23(29)27(24(30)31-22)13-17-5-7-19(25)8-6-17/h4-12H,13H2,1-3H3/b22-11-. The molecule has 1 aromatic heterocycles. The number of aryl methyl sites for hydroxylation is 2. The summed E-state index contributed by atoms with van der Waals surface area (Å²) in [5, 5.41) is 1.04. The van der Waals surface area contributed by atoms with Gasteiger partial charge in [0, 0.05) is 27.1 Å². The van der Waals surface area contributed by atoms with E-state index in [2.05, 4.69) is 4.57 Å². The monoisotopic (exact) mass is 470 g/mol. The zero-order chi connectivity index (χ0) is 22.3. The summed E-state index contributed by atoms with van der Waals surface area (Å²) in [7, 11) is 0. The van der Waals surface area contributed by atoms with Gasteiger partial charge in [-0.25, -0.2) is 0 Å². The van der Waals surface area contributed by atoms with Crippen molar-refractivity contribution in [1.82, 2.24) is 9.47 Å². The molecule has 4 nitrogen and oxygen atoms in total. The Morgan fingerprint density at radius 3 is 2.35 bits per heavy atom. The molecular weight excluding hydrogens is 451 g/mol. The van der Waals surface area contributed by atoms with Crippen LogP contribution in [0.2, 0.25) is 10.0 Å². The Balaban J connectivity index is 1.63. The minimum absolute atomic E-state index is 0.222. The highest BCUT2D eigenvalue weighted by atomic mass is 35.5. The van der Waals surface area contributed by atoms with Crippen LogP contribution in [0.1, 0.15) is 28.1 Å². The molecule has 0 radical (unpaired) electrons. The van der Waals surface area contributed by atoms with Crippen molar-refractivity contribution in [3.05, 3.63) is 91.6 Å². The van der Waals surface area contributed by atoms with Crippen LogP contribution in [0.15, 0.2) is 53.4 Å². The molecule has 1 aliphatic rings. The minimum atomic E-state index is -0.284. The van der Waals surface area contributed by atoms with E-state index in [1.807, 2.05) is 57.2 Å². The Morgan fingerprint density at radius 2 is 1.68 bits per heavy atom. The second kappa shape index (κ2) is 8.58. The van der Waals surface area contributed by atoms with Crippen LogP contribution in [-0.4, -0.2) is 20.6 Å². The number of aromatic nitrogens is 1. The number of halogens is 2. The summed E-state index contributed by atoms with van der Waals surface area (Å²) in [6.45, 7) is 6.18. The van der Waals surface area contributed by atoms with Gasteiger partial charge >= 0.3 is 0 Å². The van der Waals surface area contributed by atoms with E-state index >= 15 is 0 Å². The molecule has 1 fully saturated rings. The first-order valence-electron chi connectivity index (χ1n) is 9.70. The molecule has 0 atom stereocenters. The summed E-state index contributed by atoms with van der Waals surface area (Å²) >= 11 is 13.2. The van der Waals surface area contributed by atoms with Gasteiger partial charge in [-0.1, -0.05) is 41.4 Å². The van der Waals surface area contributed by atoms with Gasteiger partial charge in [0.05, 0.1) is 11.4 Å². The normalized spacial score (nSPS) is 15.4. The third-order valence-corrected chi connectivity index (χ3v) is 6.86. The van der Waals surface area contributed by atoms with Crippen LogP contribution in [-0.2, 0) is 11.3 Å². The Bertz CT molecular complexity index is 1230. The third kappa shape index (κ3) is 4.31. The van der Waals surface area contributed by atoms with Crippen LogP contribution >= 0.6 is 35.0 Å². The molecule has 1 saturated heterocycles. The number of hydrogen-bond donors (Lipinski definition) is 0. The summed E-state index contributed by atoms with van der Waals surface area (Å²) in [4.78, 5) is 27.1. The maximum absolute atomic E-state index is 12.9. The minimum Gasteiger partial charge on any atom is -0.318 e. The molecule has 1 aliphatic heterocycles. The molecule has 158 valence electrons. The van der Waals surface area contributed by atoms with Crippen molar-refractivity contribution in [2.75, 3.05) is 0 Å². The molecule has 31 heavy (non-hydrogen) atoms. The maximum atomic E-state index is 12.9. The van der Waals surface area contributed by atoms with Gasteiger partial charge in [0.2, 0.25) is 0 Å². The van der Waals surface area contributed by atoms with E-state index in [4.69, 9.17) is 23.2 Å². The fourth-order valence-electron chi connectivity index (χ4n) is 3.60. The zero-order valence-electron chi connectivity index (χ0n) is 17.3. The summed E-state index contributed by atoms with van der Waals surface area (Å²) in [6.07, 6.45) is 1.79. The third-order valence-electron chi connectivity index (χ3n) is 5.30. The lowest BCUT2D eigenvalue weighted by molar-refractivity contribution is -0.123. The molecule has 2 aromatic carbocycles. The van der Waals surface area contributed by atoms with E-state index < -0.39 is 0 Å². The van der Waals surface area contributed by atoms with Gasteiger partial charge in [-0.05, 0) is 85.6 Å². The van der Waals surface area contributed by atoms with Gasteiger partial charge in [0.25, 0.3) is 11.1 Å². The van der Waals surface area contributed by atoms with Crippen molar-refractivity contribution in [2.24, 2.45) is 0 Å². The first-order valence-corrected chi connectivity index (χ1v) is 11.3. The molecule has 3 aromatic rings. The summed E-state index contributed by atoms with van der Waals surface area (Å²) in [6, 6.07) is 15.1. The van der Waals surface area contributed by atoms with Crippen LogP contribution in [0.3, 0.4) is 0 Å². The molecule has 0 saturated carbocycles. The topological polar surface area (TPSA) is 42.3 Å². The Morgan fingerprint density at radius 1 is 0.968 bits per heavy atom.